The molecule has 0 fully saturated rings. The molecule has 108 valence electrons. The Hall–Kier alpha value is -1.93. The number of carbonyl (C=O) groups is 1. The van der Waals surface area contributed by atoms with Gasteiger partial charge in [0.05, 0.1) is 0 Å². The Morgan fingerprint density at radius 1 is 1.05 bits per heavy atom. The third-order valence-corrected chi connectivity index (χ3v) is 4.47. The summed E-state index contributed by atoms with van der Waals surface area (Å²) in [6.45, 7) is 0. The summed E-state index contributed by atoms with van der Waals surface area (Å²) >= 11 is 0. The number of likely N-dealkylation sites (N-methyl/N-ethyl adjacent to an activating group) is 1. The van der Waals surface area contributed by atoms with Gasteiger partial charge < -0.3 is 4.90 Å². The molecule has 0 N–H and O–H groups in total. The van der Waals surface area contributed by atoms with E-state index in [0.29, 0.717) is 6.04 Å². The smallest absolute Gasteiger partial charge is 0.193 e. The number of nitrogens with zero attached hydrogens (tertiary/aromatic N) is 1. The minimum atomic E-state index is 0.145. The summed E-state index contributed by atoms with van der Waals surface area (Å²) in [4.78, 5) is 15.1. The van der Waals surface area contributed by atoms with E-state index in [4.69, 9.17) is 0 Å². The Balaban J connectivity index is 1.99. The lowest BCUT2D eigenvalue weighted by Crippen LogP contribution is -2.34. The minimum absolute atomic E-state index is 0.145. The van der Waals surface area contributed by atoms with Gasteiger partial charge in [0, 0.05) is 17.2 Å². The number of hydrogen-bond donors (Lipinski definition) is 0. The third-order valence-electron chi connectivity index (χ3n) is 4.47. The van der Waals surface area contributed by atoms with Gasteiger partial charge in [0.25, 0.3) is 0 Å². The molecule has 0 saturated heterocycles. The number of benzene rings is 2. The molecule has 0 bridgehead atoms. The topological polar surface area (TPSA) is 20.3 Å². The number of hydrogen-bond acceptors (Lipinski definition) is 2. The van der Waals surface area contributed by atoms with Crippen LogP contribution in [0.1, 0.15) is 33.5 Å². The quantitative estimate of drug-likeness (QED) is 0.803. The fraction of sp³-hybridized carbons (Fsp3) is 0.316. The van der Waals surface area contributed by atoms with Crippen LogP contribution in [-0.4, -0.2) is 30.8 Å². The van der Waals surface area contributed by atoms with E-state index in [0.717, 1.165) is 24.0 Å². The van der Waals surface area contributed by atoms with Crippen molar-refractivity contribution >= 4 is 5.78 Å². The van der Waals surface area contributed by atoms with Crippen LogP contribution in [0.25, 0.3) is 0 Å². The molecule has 3 rings (SSSR count). The van der Waals surface area contributed by atoms with Crippen LogP contribution in [0.15, 0.2) is 48.5 Å². The van der Waals surface area contributed by atoms with Crippen LogP contribution in [0.4, 0.5) is 0 Å². The first kappa shape index (κ1) is 14.0. The second kappa shape index (κ2) is 5.82. The Bertz CT molecular complexity index is 646. The lowest BCUT2D eigenvalue weighted by atomic mass is 9.83. The van der Waals surface area contributed by atoms with Gasteiger partial charge in [-0.1, -0.05) is 48.5 Å². The fourth-order valence-corrected chi connectivity index (χ4v) is 3.17. The Morgan fingerprint density at radius 3 is 2.52 bits per heavy atom. The summed E-state index contributed by atoms with van der Waals surface area (Å²) in [5.41, 5.74) is 4.24. The number of ketones is 1. The van der Waals surface area contributed by atoms with Crippen LogP contribution in [0, 0.1) is 0 Å². The second-order valence-corrected chi connectivity index (χ2v) is 6.00. The van der Waals surface area contributed by atoms with E-state index in [9.17, 15) is 4.79 Å². The van der Waals surface area contributed by atoms with E-state index in [2.05, 4.69) is 25.1 Å². The van der Waals surface area contributed by atoms with Crippen molar-refractivity contribution in [1.82, 2.24) is 4.90 Å². The van der Waals surface area contributed by atoms with Crippen LogP contribution in [0.2, 0.25) is 0 Å². The molecule has 21 heavy (non-hydrogen) atoms. The second-order valence-electron chi connectivity index (χ2n) is 6.00. The molecule has 0 aliphatic heterocycles. The SMILES string of the molecule is CN(C)C1CCc2cccc(C(=O)c3ccccc3)c2C1. The lowest BCUT2D eigenvalue weighted by Gasteiger charge is -2.31. The molecule has 1 aliphatic carbocycles. The first-order valence-corrected chi connectivity index (χ1v) is 7.54. The van der Waals surface area contributed by atoms with E-state index in [-0.39, 0.29) is 5.78 Å². The molecule has 2 nitrogen and oxygen atoms in total. The van der Waals surface area contributed by atoms with Crippen molar-refractivity contribution in [1.29, 1.82) is 0 Å². The zero-order valence-corrected chi connectivity index (χ0v) is 12.7. The summed E-state index contributed by atoms with van der Waals surface area (Å²) in [7, 11) is 4.24. The molecule has 0 saturated carbocycles. The molecule has 0 spiro atoms. The van der Waals surface area contributed by atoms with Crippen molar-refractivity contribution in [3.63, 3.8) is 0 Å². The molecular weight excluding hydrogens is 258 g/mol. The number of carbonyl (C=O) groups excluding carboxylic acids is 1. The molecule has 0 radical (unpaired) electrons. The van der Waals surface area contributed by atoms with Gasteiger partial charge in [0.2, 0.25) is 0 Å². The Labute approximate surface area is 126 Å². The maximum atomic E-state index is 12.8. The van der Waals surface area contributed by atoms with E-state index >= 15 is 0 Å². The van der Waals surface area contributed by atoms with Crippen molar-refractivity contribution in [2.75, 3.05) is 14.1 Å². The van der Waals surface area contributed by atoms with E-state index < -0.39 is 0 Å². The van der Waals surface area contributed by atoms with E-state index in [1.165, 1.54) is 17.5 Å². The van der Waals surface area contributed by atoms with Crippen molar-refractivity contribution in [2.24, 2.45) is 0 Å². The molecule has 2 aromatic carbocycles. The largest absolute Gasteiger partial charge is 0.306 e. The molecule has 0 aromatic heterocycles. The molecule has 2 aromatic rings. The van der Waals surface area contributed by atoms with Gasteiger partial charge in [-0.15, -0.1) is 0 Å². The third kappa shape index (κ3) is 2.77. The predicted octanol–water partition coefficient (Wildman–Crippen LogP) is 3.34. The number of fused-ring (bicyclic) bond motifs is 1. The monoisotopic (exact) mass is 279 g/mol. The summed E-state index contributed by atoms with van der Waals surface area (Å²) < 4.78 is 0. The molecule has 1 atom stereocenters. The lowest BCUT2D eigenvalue weighted by molar-refractivity contribution is 0.103. The van der Waals surface area contributed by atoms with Crippen LogP contribution < -0.4 is 0 Å². The van der Waals surface area contributed by atoms with Gasteiger partial charge in [-0.2, -0.15) is 0 Å². The minimum Gasteiger partial charge on any atom is -0.306 e. The highest BCUT2D eigenvalue weighted by atomic mass is 16.1. The van der Waals surface area contributed by atoms with E-state index in [1.54, 1.807) is 0 Å². The highest BCUT2D eigenvalue weighted by molar-refractivity contribution is 6.10. The van der Waals surface area contributed by atoms with Gasteiger partial charge in [-0.05, 0) is 44.5 Å². The van der Waals surface area contributed by atoms with Crippen molar-refractivity contribution < 1.29 is 4.79 Å². The highest BCUT2D eigenvalue weighted by Crippen LogP contribution is 2.28. The molecule has 1 aliphatic rings. The number of aryl methyl sites for hydroxylation is 1. The van der Waals surface area contributed by atoms with Gasteiger partial charge in [0.15, 0.2) is 5.78 Å². The summed E-state index contributed by atoms with van der Waals surface area (Å²) in [5, 5.41) is 0. The highest BCUT2D eigenvalue weighted by Gasteiger charge is 2.24. The zero-order chi connectivity index (χ0) is 14.8. The van der Waals surface area contributed by atoms with Crippen molar-refractivity contribution in [3.8, 4) is 0 Å². The summed E-state index contributed by atoms with van der Waals surface area (Å²) in [6, 6.07) is 16.3. The average molecular weight is 279 g/mol. The fourth-order valence-electron chi connectivity index (χ4n) is 3.17. The van der Waals surface area contributed by atoms with Crippen LogP contribution in [0.5, 0.6) is 0 Å². The standard InChI is InChI=1S/C19H21NO/c1-20(2)16-12-11-14-9-6-10-17(18(14)13-16)19(21)15-7-4-3-5-8-15/h3-10,16H,11-13H2,1-2H3. The van der Waals surface area contributed by atoms with Crippen LogP contribution in [-0.2, 0) is 12.8 Å². The molecule has 2 heteroatoms. The summed E-state index contributed by atoms with van der Waals surface area (Å²) in [6.07, 6.45) is 3.20. The van der Waals surface area contributed by atoms with Gasteiger partial charge in [-0.25, -0.2) is 0 Å². The zero-order valence-electron chi connectivity index (χ0n) is 12.7. The maximum absolute atomic E-state index is 12.8. The van der Waals surface area contributed by atoms with Crippen LogP contribution in [0.3, 0.4) is 0 Å². The predicted molar refractivity (Wildman–Crippen MR) is 85.8 cm³/mol. The molecule has 0 heterocycles. The average Bonchev–Trinajstić information content (AvgIpc) is 2.54. The van der Waals surface area contributed by atoms with Gasteiger partial charge >= 0.3 is 0 Å². The molecule has 0 amide bonds. The van der Waals surface area contributed by atoms with Crippen molar-refractivity contribution in [3.05, 3.63) is 70.8 Å². The van der Waals surface area contributed by atoms with Crippen LogP contribution >= 0.6 is 0 Å². The first-order valence-electron chi connectivity index (χ1n) is 7.54. The van der Waals surface area contributed by atoms with Crippen molar-refractivity contribution in [2.45, 2.75) is 25.3 Å². The first-order chi connectivity index (χ1) is 10.2. The Morgan fingerprint density at radius 2 is 1.81 bits per heavy atom. The Kier molecular flexibility index (Phi) is 3.89. The van der Waals surface area contributed by atoms with Gasteiger partial charge in [0.1, 0.15) is 0 Å². The maximum Gasteiger partial charge on any atom is 0.193 e. The molecule has 1 unspecified atom stereocenters. The normalized spacial score (nSPS) is 17.6. The number of rotatable bonds is 3. The van der Waals surface area contributed by atoms with Gasteiger partial charge in [-0.3, -0.25) is 4.79 Å². The summed E-state index contributed by atoms with van der Waals surface area (Å²) in [5.74, 6) is 0.145. The molecular formula is C19H21NO. The van der Waals surface area contributed by atoms with E-state index in [1.807, 2.05) is 42.5 Å².